The standard InChI is InChI=1S/C22H18N2O4S2/c25-21(23-18-8-2-1-3-9-18)17-7-4-6-16(12-17)14-30(26,27)15-19-13-28-22(24-19)20-10-5-11-29-20/h1-13H,14-15H2,(H,23,25). The van der Waals surface area contributed by atoms with Gasteiger partial charge in [0.25, 0.3) is 5.91 Å². The van der Waals surface area contributed by atoms with Gasteiger partial charge in [-0.2, -0.15) is 0 Å². The molecule has 4 rings (SSSR count). The number of sulfone groups is 1. The first-order chi connectivity index (χ1) is 14.5. The van der Waals surface area contributed by atoms with Crippen molar-refractivity contribution in [2.75, 3.05) is 5.32 Å². The molecule has 0 aliphatic heterocycles. The number of nitrogens with one attached hydrogen (secondary N) is 1. The van der Waals surface area contributed by atoms with Crippen LogP contribution in [0.5, 0.6) is 0 Å². The minimum absolute atomic E-state index is 0.194. The molecule has 0 atom stereocenters. The van der Waals surface area contributed by atoms with Crippen molar-refractivity contribution in [2.24, 2.45) is 0 Å². The van der Waals surface area contributed by atoms with Gasteiger partial charge >= 0.3 is 0 Å². The van der Waals surface area contributed by atoms with E-state index in [1.54, 1.807) is 36.4 Å². The zero-order chi connectivity index (χ0) is 21.0. The van der Waals surface area contributed by atoms with Crippen molar-refractivity contribution in [1.29, 1.82) is 0 Å². The van der Waals surface area contributed by atoms with Crippen molar-refractivity contribution in [1.82, 2.24) is 4.98 Å². The molecule has 0 aliphatic rings. The van der Waals surface area contributed by atoms with Crippen molar-refractivity contribution >= 4 is 32.8 Å². The second-order valence-electron chi connectivity index (χ2n) is 6.67. The van der Waals surface area contributed by atoms with E-state index in [0.717, 1.165) is 4.88 Å². The number of amides is 1. The molecule has 1 amide bonds. The summed E-state index contributed by atoms with van der Waals surface area (Å²) in [4.78, 5) is 17.6. The highest BCUT2D eigenvalue weighted by Crippen LogP contribution is 2.24. The van der Waals surface area contributed by atoms with E-state index < -0.39 is 9.84 Å². The van der Waals surface area contributed by atoms with Crippen LogP contribution in [0.15, 0.2) is 82.8 Å². The highest BCUT2D eigenvalue weighted by Gasteiger charge is 2.18. The Kier molecular flexibility index (Phi) is 5.78. The molecule has 8 heteroatoms. The Labute approximate surface area is 178 Å². The van der Waals surface area contributed by atoms with E-state index in [1.165, 1.54) is 17.6 Å². The number of thiophene rings is 1. The van der Waals surface area contributed by atoms with Gasteiger partial charge in [0.1, 0.15) is 6.26 Å². The Morgan fingerprint density at radius 3 is 2.60 bits per heavy atom. The van der Waals surface area contributed by atoms with Crippen LogP contribution in [-0.4, -0.2) is 19.3 Å². The highest BCUT2D eigenvalue weighted by molar-refractivity contribution is 7.89. The number of oxazole rings is 1. The average molecular weight is 439 g/mol. The van der Waals surface area contributed by atoms with Crippen LogP contribution >= 0.6 is 11.3 Å². The predicted molar refractivity (Wildman–Crippen MR) is 117 cm³/mol. The molecule has 0 spiro atoms. The highest BCUT2D eigenvalue weighted by atomic mass is 32.2. The van der Waals surface area contributed by atoms with E-state index in [4.69, 9.17) is 4.42 Å². The van der Waals surface area contributed by atoms with E-state index in [2.05, 4.69) is 10.3 Å². The molecule has 0 saturated carbocycles. The first kappa shape index (κ1) is 20.1. The van der Waals surface area contributed by atoms with Crippen molar-refractivity contribution in [3.8, 4) is 10.8 Å². The van der Waals surface area contributed by atoms with Crippen molar-refractivity contribution < 1.29 is 17.6 Å². The van der Waals surface area contributed by atoms with Crippen molar-refractivity contribution in [3.63, 3.8) is 0 Å². The summed E-state index contributed by atoms with van der Waals surface area (Å²) in [5.74, 6) is -0.310. The lowest BCUT2D eigenvalue weighted by molar-refractivity contribution is 0.102. The first-order valence-electron chi connectivity index (χ1n) is 9.12. The average Bonchev–Trinajstić information content (AvgIpc) is 3.40. The minimum atomic E-state index is -3.50. The topological polar surface area (TPSA) is 89.3 Å². The maximum Gasteiger partial charge on any atom is 0.255 e. The minimum Gasteiger partial charge on any atom is -0.444 e. The van der Waals surface area contributed by atoms with Crippen LogP contribution in [-0.2, 0) is 21.3 Å². The number of aromatic nitrogens is 1. The lowest BCUT2D eigenvalue weighted by Gasteiger charge is -2.07. The van der Waals surface area contributed by atoms with Gasteiger partial charge in [-0.3, -0.25) is 4.79 Å². The van der Waals surface area contributed by atoms with Crippen molar-refractivity contribution in [3.05, 3.63) is 95.2 Å². The maximum absolute atomic E-state index is 12.7. The monoisotopic (exact) mass is 438 g/mol. The molecule has 0 saturated heterocycles. The van der Waals surface area contributed by atoms with Crippen LogP contribution in [0.4, 0.5) is 5.69 Å². The summed E-state index contributed by atoms with van der Waals surface area (Å²) in [5.41, 5.74) is 1.97. The summed E-state index contributed by atoms with van der Waals surface area (Å²) in [6, 6.07) is 19.4. The zero-order valence-electron chi connectivity index (χ0n) is 15.8. The number of benzene rings is 2. The van der Waals surface area contributed by atoms with Crippen LogP contribution < -0.4 is 5.32 Å². The Balaban J connectivity index is 1.44. The second-order valence-corrected chi connectivity index (χ2v) is 9.69. The SMILES string of the molecule is O=C(Nc1ccccc1)c1cccc(CS(=O)(=O)Cc2coc(-c3cccs3)n2)c1. The van der Waals surface area contributed by atoms with Crippen LogP contribution in [0.2, 0.25) is 0 Å². The molecule has 1 N–H and O–H groups in total. The fourth-order valence-corrected chi connectivity index (χ4v) is 4.97. The van der Waals surface area contributed by atoms with Gasteiger partial charge in [-0.05, 0) is 41.3 Å². The number of hydrogen-bond acceptors (Lipinski definition) is 6. The normalized spacial score (nSPS) is 11.3. The molecule has 4 aromatic rings. The van der Waals surface area contributed by atoms with Gasteiger partial charge in [0, 0.05) is 11.3 Å². The van der Waals surface area contributed by atoms with E-state index in [1.807, 2.05) is 35.7 Å². The molecule has 0 aliphatic carbocycles. The first-order valence-corrected chi connectivity index (χ1v) is 11.8. The Bertz CT molecular complexity index is 1250. The smallest absolute Gasteiger partial charge is 0.255 e. The second kappa shape index (κ2) is 8.64. The third-order valence-corrected chi connectivity index (χ3v) is 6.63. The molecule has 0 fully saturated rings. The zero-order valence-corrected chi connectivity index (χ0v) is 17.4. The van der Waals surface area contributed by atoms with Gasteiger partial charge in [-0.15, -0.1) is 11.3 Å². The summed E-state index contributed by atoms with van der Waals surface area (Å²) < 4.78 is 30.7. The number of hydrogen-bond donors (Lipinski definition) is 1. The molecule has 30 heavy (non-hydrogen) atoms. The van der Waals surface area contributed by atoms with Crippen LogP contribution in [0, 0.1) is 0 Å². The third-order valence-electron chi connectivity index (χ3n) is 4.26. The molecule has 2 heterocycles. The van der Waals surface area contributed by atoms with Crippen molar-refractivity contribution in [2.45, 2.75) is 11.5 Å². The quantitative estimate of drug-likeness (QED) is 0.449. The summed E-state index contributed by atoms with van der Waals surface area (Å²) in [6.07, 6.45) is 1.37. The summed E-state index contributed by atoms with van der Waals surface area (Å²) in [6.45, 7) is 0. The molecule has 2 aromatic heterocycles. The Morgan fingerprint density at radius 1 is 1.00 bits per heavy atom. The van der Waals surface area contributed by atoms with E-state index >= 15 is 0 Å². The summed E-state index contributed by atoms with van der Waals surface area (Å²) in [5, 5.41) is 4.69. The molecule has 6 nitrogen and oxygen atoms in total. The van der Waals surface area contributed by atoms with E-state index in [0.29, 0.717) is 28.4 Å². The number of anilines is 1. The van der Waals surface area contributed by atoms with Gasteiger partial charge in [-0.25, -0.2) is 13.4 Å². The molecule has 152 valence electrons. The van der Waals surface area contributed by atoms with Gasteiger partial charge in [0.05, 0.1) is 22.1 Å². The van der Waals surface area contributed by atoms with Crippen LogP contribution in [0.3, 0.4) is 0 Å². The van der Waals surface area contributed by atoms with E-state index in [9.17, 15) is 13.2 Å². The van der Waals surface area contributed by atoms with Crippen LogP contribution in [0.1, 0.15) is 21.6 Å². The van der Waals surface area contributed by atoms with E-state index in [-0.39, 0.29) is 17.4 Å². The predicted octanol–water partition coefficient (Wildman–Crippen LogP) is 4.77. The lowest BCUT2D eigenvalue weighted by Crippen LogP contribution is -2.13. The number of carbonyl (C=O) groups is 1. The van der Waals surface area contributed by atoms with Gasteiger partial charge in [0.2, 0.25) is 5.89 Å². The number of rotatable bonds is 7. The van der Waals surface area contributed by atoms with Gasteiger partial charge in [-0.1, -0.05) is 36.4 Å². The molecule has 0 radical (unpaired) electrons. The Morgan fingerprint density at radius 2 is 1.83 bits per heavy atom. The third kappa shape index (κ3) is 5.03. The lowest BCUT2D eigenvalue weighted by atomic mass is 10.1. The molecule has 0 bridgehead atoms. The molecular weight excluding hydrogens is 420 g/mol. The maximum atomic E-state index is 12.7. The number of para-hydroxylation sites is 1. The molecular formula is C22H18N2O4S2. The van der Waals surface area contributed by atoms with Gasteiger partial charge < -0.3 is 9.73 Å². The fourth-order valence-electron chi connectivity index (χ4n) is 2.94. The fraction of sp³-hybridized carbons (Fsp3) is 0.0909. The largest absolute Gasteiger partial charge is 0.444 e. The summed E-state index contributed by atoms with van der Waals surface area (Å²) in [7, 11) is -3.50. The number of nitrogens with zero attached hydrogens (tertiary/aromatic N) is 1. The molecule has 2 aromatic carbocycles. The molecule has 0 unspecified atom stereocenters. The number of carbonyl (C=O) groups excluding carboxylic acids is 1. The van der Waals surface area contributed by atoms with Gasteiger partial charge in [0.15, 0.2) is 9.84 Å². The Hall–Kier alpha value is -3.23. The van der Waals surface area contributed by atoms with Crippen LogP contribution in [0.25, 0.3) is 10.8 Å². The summed E-state index contributed by atoms with van der Waals surface area (Å²) >= 11 is 1.47.